The van der Waals surface area contributed by atoms with Gasteiger partial charge in [0.1, 0.15) is 0 Å². The molecule has 4 nitrogen and oxygen atoms in total. The van der Waals surface area contributed by atoms with Crippen LogP contribution in [0.3, 0.4) is 0 Å². The van der Waals surface area contributed by atoms with Crippen LogP contribution in [-0.4, -0.2) is 28.9 Å². The van der Waals surface area contributed by atoms with E-state index in [0.29, 0.717) is 11.7 Å². The van der Waals surface area contributed by atoms with Crippen molar-refractivity contribution in [2.45, 2.75) is 13.0 Å². The van der Waals surface area contributed by atoms with Crippen molar-refractivity contribution in [2.24, 2.45) is 0 Å². The fraction of sp³-hybridized carbons (Fsp3) is 0.333. The van der Waals surface area contributed by atoms with E-state index in [1.54, 1.807) is 6.20 Å². The lowest BCUT2D eigenvalue weighted by molar-refractivity contribution is -0.117. The molecule has 3 heterocycles. The van der Waals surface area contributed by atoms with Gasteiger partial charge in [-0.2, -0.15) is 0 Å². The van der Waals surface area contributed by atoms with Gasteiger partial charge in [-0.15, -0.1) is 22.7 Å². The first-order valence-corrected chi connectivity index (χ1v) is 7.54. The lowest BCUT2D eigenvalue weighted by Gasteiger charge is -2.25. The molecule has 18 heavy (non-hydrogen) atoms. The Balaban J connectivity index is 1.56. The van der Waals surface area contributed by atoms with Gasteiger partial charge < -0.3 is 5.32 Å². The molecule has 94 valence electrons. The second-order valence-corrected chi connectivity index (χ2v) is 6.11. The molecule has 1 N–H and O–H groups in total. The van der Waals surface area contributed by atoms with Crippen molar-refractivity contribution in [1.82, 2.24) is 9.88 Å². The summed E-state index contributed by atoms with van der Waals surface area (Å²) in [4.78, 5) is 19.5. The molecule has 0 fully saturated rings. The average Bonchev–Trinajstić information content (AvgIpc) is 2.98. The molecule has 0 unspecified atom stereocenters. The monoisotopic (exact) mass is 279 g/mol. The van der Waals surface area contributed by atoms with E-state index < -0.39 is 0 Å². The largest absolute Gasteiger partial charge is 0.301 e. The van der Waals surface area contributed by atoms with Gasteiger partial charge in [-0.1, -0.05) is 0 Å². The summed E-state index contributed by atoms with van der Waals surface area (Å²) in [5.41, 5.74) is 1.37. The molecule has 0 saturated heterocycles. The van der Waals surface area contributed by atoms with Crippen molar-refractivity contribution in [3.63, 3.8) is 0 Å². The van der Waals surface area contributed by atoms with Crippen molar-refractivity contribution in [3.8, 4) is 0 Å². The maximum Gasteiger partial charge on any atom is 0.240 e. The van der Waals surface area contributed by atoms with E-state index in [9.17, 15) is 4.79 Å². The number of carbonyl (C=O) groups excluding carboxylic acids is 1. The number of nitrogens with zero attached hydrogens (tertiary/aromatic N) is 2. The molecule has 1 aliphatic heterocycles. The molecule has 0 aromatic carbocycles. The minimum Gasteiger partial charge on any atom is -0.301 e. The summed E-state index contributed by atoms with van der Waals surface area (Å²) in [5.74, 6) is 0.0172. The Kier molecular flexibility index (Phi) is 3.40. The summed E-state index contributed by atoms with van der Waals surface area (Å²) in [5, 5.41) is 7.47. The molecular formula is C12H13N3OS2. The lowest BCUT2D eigenvalue weighted by Crippen LogP contribution is -2.36. The average molecular weight is 279 g/mol. The summed E-state index contributed by atoms with van der Waals surface area (Å²) in [6.07, 6.45) is 2.75. The van der Waals surface area contributed by atoms with Gasteiger partial charge in [0.2, 0.25) is 5.91 Å². The van der Waals surface area contributed by atoms with Gasteiger partial charge >= 0.3 is 0 Å². The molecular weight excluding hydrogens is 266 g/mol. The molecule has 0 aliphatic carbocycles. The fourth-order valence-electron chi connectivity index (χ4n) is 2.09. The van der Waals surface area contributed by atoms with Crippen LogP contribution in [0, 0.1) is 0 Å². The normalized spacial score (nSPS) is 15.3. The van der Waals surface area contributed by atoms with Gasteiger partial charge in [-0.05, 0) is 23.4 Å². The molecule has 6 heteroatoms. The number of amides is 1. The van der Waals surface area contributed by atoms with E-state index in [0.717, 1.165) is 19.5 Å². The Morgan fingerprint density at radius 2 is 2.39 bits per heavy atom. The van der Waals surface area contributed by atoms with Crippen LogP contribution in [0.2, 0.25) is 0 Å². The Bertz CT molecular complexity index is 535. The van der Waals surface area contributed by atoms with Gasteiger partial charge in [0, 0.05) is 29.5 Å². The molecule has 0 radical (unpaired) electrons. The zero-order valence-electron chi connectivity index (χ0n) is 9.76. The van der Waals surface area contributed by atoms with Gasteiger partial charge in [0.05, 0.1) is 6.54 Å². The van der Waals surface area contributed by atoms with Gasteiger partial charge in [0.15, 0.2) is 5.13 Å². The zero-order valence-corrected chi connectivity index (χ0v) is 11.4. The summed E-state index contributed by atoms with van der Waals surface area (Å²) >= 11 is 3.26. The second-order valence-electron chi connectivity index (χ2n) is 4.22. The first-order chi connectivity index (χ1) is 8.81. The van der Waals surface area contributed by atoms with Crippen LogP contribution in [0.15, 0.2) is 23.0 Å². The Morgan fingerprint density at radius 1 is 1.44 bits per heavy atom. The number of hydrogen-bond acceptors (Lipinski definition) is 5. The minimum absolute atomic E-state index is 0.0172. The van der Waals surface area contributed by atoms with E-state index in [1.165, 1.54) is 21.8 Å². The topological polar surface area (TPSA) is 45.2 Å². The molecule has 1 aliphatic rings. The molecule has 3 rings (SSSR count). The summed E-state index contributed by atoms with van der Waals surface area (Å²) in [6, 6.07) is 2.16. The molecule has 0 bridgehead atoms. The van der Waals surface area contributed by atoms with Crippen LogP contribution < -0.4 is 5.32 Å². The van der Waals surface area contributed by atoms with Crippen LogP contribution in [0.1, 0.15) is 10.4 Å². The number of fused-ring (bicyclic) bond motifs is 1. The molecule has 2 aromatic heterocycles. The van der Waals surface area contributed by atoms with Gasteiger partial charge in [-0.3, -0.25) is 9.69 Å². The van der Waals surface area contributed by atoms with Crippen LogP contribution in [0.5, 0.6) is 0 Å². The Hall–Kier alpha value is -1.24. The highest BCUT2D eigenvalue weighted by atomic mass is 32.1. The highest BCUT2D eigenvalue weighted by molar-refractivity contribution is 7.13. The number of thiazole rings is 1. The summed E-state index contributed by atoms with van der Waals surface area (Å²) in [7, 11) is 0. The van der Waals surface area contributed by atoms with E-state index in [-0.39, 0.29) is 5.91 Å². The van der Waals surface area contributed by atoms with E-state index in [2.05, 4.69) is 26.6 Å². The van der Waals surface area contributed by atoms with Crippen molar-refractivity contribution in [1.29, 1.82) is 0 Å². The van der Waals surface area contributed by atoms with Crippen LogP contribution in [-0.2, 0) is 17.8 Å². The minimum atomic E-state index is 0.0172. The maximum absolute atomic E-state index is 11.8. The van der Waals surface area contributed by atoms with Gasteiger partial charge in [-0.25, -0.2) is 4.98 Å². The Morgan fingerprint density at radius 3 is 3.22 bits per heavy atom. The van der Waals surface area contributed by atoms with Crippen molar-refractivity contribution >= 4 is 33.7 Å². The first kappa shape index (κ1) is 11.8. The number of thiophene rings is 1. The number of carbonyl (C=O) groups is 1. The standard InChI is InChI=1S/C12H13N3OS2/c16-11(14-12-13-3-6-18-12)8-15-4-1-10-9(7-15)2-5-17-10/h2-3,5-6H,1,4,7-8H2,(H,13,14,16). The van der Waals surface area contributed by atoms with Gasteiger partial charge in [0.25, 0.3) is 0 Å². The van der Waals surface area contributed by atoms with Crippen LogP contribution in [0.4, 0.5) is 5.13 Å². The molecule has 0 spiro atoms. The number of hydrogen-bond donors (Lipinski definition) is 1. The third-order valence-electron chi connectivity index (χ3n) is 2.93. The quantitative estimate of drug-likeness (QED) is 0.937. The predicted molar refractivity (Wildman–Crippen MR) is 74.0 cm³/mol. The highest BCUT2D eigenvalue weighted by Crippen LogP contribution is 2.23. The summed E-state index contributed by atoms with van der Waals surface area (Å²) in [6.45, 7) is 2.28. The third kappa shape index (κ3) is 2.60. The molecule has 0 atom stereocenters. The highest BCUT2D eigenvalue weighted by Gasteiger charge is 2.19. The molecule has 1 amide bonds. The second kappa shape index (κ2) is 5.17. The smallest absolute Gasteiger partial charge is 0.240 e. The van der Waals surface area contributed by atoms with E-state index in [4.69, 9.17) is 0 Å². The zero-order chi connectivity index (χ0) is 12.4. The number of anilines is 1. The predicted octanol–water partition coefficient (Wildman–Crippen LogP) is 2.20. The number of nitrogens with one attached hydrogen (secondary N) is 1. The van der Waals surface area contributed by atoms with Crippen molar-refractivity contribution in [2.75, 3.05) is 18.4 Å². The summed E-state index contributed by atoms with van der Waals surface area (Å²) < 4.78 is 0. The Labute approximate surface area is 113 Å². The van der Waals surface area contributed by atoms with Crippen LogP contribution in [0.25, 0.3) is 0 Å². The third-order valence-corrected chi connectivity index (χ3v) is 4.64. The van der Waals surface area contributed by atoms with E-state index >= 15 is 0 Å². The molecule has 0 saturated carbocycles. The fourth-order valence-corrected chi connectivity index (χ4v) is 3.52. The number of rotatable bonds is 3. The van der Waals surface area contributed by atoms with Crippen molar-refractivity contribution in [3.05, 3.63) is 33.5 Å². The number of aromatic nitrogens is 1. The SMILES string of the molecule is O=C(CN1CCc2sccc2C1)Nc1nccs1. The van der Waals surface area contributed by atoms with Crippen LogP contribution >= 0.6 is 22.7 Å². The van der Waals surface area contributed by atoms with Crippen molar-refractivity contribution < 1.29 is 4.79 Å². The van der Waals surface area contributed by atoms with E-state index in [1.807, 2.05) is 16.7 Å². The molecule has 2 aromatic rings. The maximum atomic E-state index is 11.8. The lowest BCUT2D eigenvalue weighted by atomic mass is 10.1. The first-order valence-electron chi connectivity index (χ1n) is 5.78.